The first kappa shape index (κ1) is 18.5. The normalized spacial score (nSPS) is 21.7. The molecule has 4 rings (SSSR count). The third kappa shape index (κ3) is 4.70. The molecule has 0 radical (unpaired) electrons. The summed E-state index contributed by atoms with van der Waals surface area (Å²) in [7, 11) is 0. The van der Waals surface area contributed by atoms with Crippen molar-refractivity contribution in [3.63, 3.8) is 0 Å². The molecule has 2 aromatic carbocycles. The third-order valence-electron chi connectivity index (χ3n) is 5.77. The molecule has 4 heteroatoms. The van der Waals surface area contributed by atoms with Gasteiger partial charge >= 0.3 is 0 Å². The molecule has 2 aliphatic rings. The van der Waals surface area contributed by atoms with Crippen LogP contribution in [0.4, 0.5) is 5.69 Å². The Bertz CT molecular complexity index is 713. The predicted octanol–water partition coefficient (Wildman–Crippen LogP) is 3.26. The molecule has 1 aliphatic carbocycles. The Hall–Kier alpha value is -1.88. The largest absolute Gasteiger partial charge is 0.389 e. The summed E-state index contributed by atoms with van der Waals surface area (Å²) in [5.74, 6) is 0. The van der Waals surface area contributed by atoms with Gasteiger partial charge in [0.25, 0.3) is 0 Å². The minimum absolute atomic E-state index is 0.138. The molecule has 27 heavy (non-hydrogen) atoms. The fourth-order valence-electron chi connectivity index (χ4n) is 4.29. The summed E-state index contributed by atoms with van der Waals surface area (Å²) >= 11 is 0. The van der Waals surface area contributed by atoms with Crippen molar-refractivity contribution in [3.8, 4) is 0 Å². The van der Waals surface area contributed by atoms with Crippen LogP contribution in [-0.2, 0) is 11.2 Å². The lowest BCUT2D eigenvalue weighted by Gasteiger charge is -2.37. The van der Waals surface area contributed by atoms with Crippen LogP contribution in [0.15, 0.2) is 54.6 Å². The van der Waals surface area contributed by atoms with Crippen LogP contribution >= 0.6 is 0 Å². The maximum atomic E-state index is 10.5. The van der Waals surface area contributed by atoms with E-state index in [1.165, 1.54) is 23.2 Å². The Balaban J connectivity index is 1.22. The van der Waals surface area contributed by atoms with E-state index in [-0.39, 0.29) is 6.10 Å². The standard InChI is InChI=1S/C23H30N2O2/c26-21(18-27-23-12-6-8-19-7-4-5-11-22(19)23)17-24-13-15-25(16-14-24)20-9-2-1-3-10-20/h1-5,7,9-11,21,23,26H,6,8,12-18H2/t21-,23+/m0/s1. The van der Waals surface area contributed by atoms with Gasteiger partial charge in [-0.15, -0.1) is 0 Å². The van der Waals surface area contributed by atoms with Gasteiger partial charge in [0.1, 0.15) is 0 Å². The molecule has 2 aromatic rings. The lowest BCUT2D eigenvalue weighted by atomic mass is 9.89. The Labute approximate surface area is 162 Å². The number of nitrogens with zero attached hydrogens (tertiary/aromatic N) is 2. The molecule has 144 valence electrons. The van der Waals surface area contributed by atoms with E-state index in [2.05, 4.69) is 64.4 Å². The highest BCUT2D eigenvalue weighted by Gasteiger charge is 2.23. The topological polar surface area (TPSA) is 35.9 Å². The second-order valence-corrected chi connectivity index (χ2v) is 7.69. The number of fused-ring (bicyclic) bond motifs is 1. The van der Waals surface area contributed by atoms with Crippen LogP contribution in [0.2, 0.25) is 0 Å². The third-order valence-corrected chi connectivity index (χ3v) is 5.77. The van der Waals surface area contributed by atoms with E-state index in [4.69, 9.17) is 4.74 Å². The van der Waals surface area contributed by atoms with Gasteiger partial charge in [-0.2, -0.15) is 0 Å². The van der Waals surface area contributed by atoms with Crippen molar-refractivity contribution >= 4 is 5.69 Å². The lowest BCUT2D eigenvalue weighted by molar-refractivity contribution is -0.0285. The summed E-state index contributed by atoms with van der Waals surface area (Å²) in [5.41, 5.74) is 4.00. The molecule has 2 atom stereocenters. The van der Waals surface area contributed by atoms with Gasteiger partial charge in [0, 0.05) is 38.4 Å². The summed E-state index contributed by atoms with van der Waals surface area (Å²) in [6.07, 6.45) is 3.07. The smallest absolute Gasteiger partial charge is 0.0900 e. The van der Waals surface area contributed by atoms with Crippen LogP contribution < -0.4 is 4.90 Å². The highest BCUT2D eigenvalue weighted by Crippen LogP contribution is 2.32. The van der Waals surface area contributed by atoms with Crippen molar-refractivity contribution in [2.45, 2.75) is 31.5 Å². The summed E-state index contributed by atoms with van der Waals surface area (Å²) in [6, 6.07) is 19.1. The number of aliphatic hydroxyl groups is 1. The molecule has 1 aliphatic heterocycles. The fourth-order valence-corrected chi connectivity index (χ4v) is 4.29. The van der Waals surface area contributed by atoms with Gasteiger partial charge < -0.3 is 14.7 Å². The fraction of sp³-hybridized carbons (Fsp3) is 0.478. The van der Waals surface area contributed by atoms with E-state index in [1.807, 2.05) is 0 Å². The summed E-state index contributed by atoms with van der Waals surface area (Å²) in [4.78, 5) is 4.76. The molecular formula is C23H30N2O2. The number of β-amino-alcohol motifs (C(OH)–C–C–N with tert-alkyl or cyclic N) is 1. The first-order chi connectivity index (χ1) is 13.3. The Morgan fingerprint density at radius 3 is 2.52 bits per heavy atom. The monoisotopic (exact) mass is 366 g/mol. The summed E-state index contributed by atoms with van der Waals surface area (Å²) in [6.45, 7) is 5.09. The molecule has 1 fully saturated rings. The number of hydrogen-bond donors (Lipinski definition) is 1. The number of hydrogen-bond acceptors (Lipinski definition) is 4. The van der Waals surface area contributed by atoms with Crippen LogP contribution in [0.3, 0.4) is 0 Å². The van der Waals surface area contributed by atoms with Crippen molar-refractivity contribution in [1.29, 1.82) is 0 Å². The SMILES string of the molecule is O[C@H](CO[C@@H]1CCCc2ccccc21)CN1CCN(c2ccccc2)CC1. The second kappa shape index (κ2) is 8.87. The number of anilines is 1. The lowest BCUT2D eigenvalue weighted by Crippen LogP contribution is -2.49. The van der Waals surface area contributed by atoms with E-state index in [0.717, 1.165) is 39.0 Å². The zero-order valence-corrected chi connectivity index (χ0v) is 16.0. The van der Waals surface area contributed by atoms with Crippen molar-refractivity contribution in [2.75, 3.05) is 44.2 Å². The van der Waals surface area contributed by atoms with E-state index in [1.54, 1.807) is 0 Å². The van der Waals surface area contributed by atoms with Crippen molar-refractivity contribution in [2.24, 2.45) is 0 Å². The number of aliphatic hydroxyl groups excluding tert-OH is 1. The van der Waals surface area contributed by atoms with Crippen molar-refractivity contribution in [1.82, 2.24) is 4.90 Å². The Kier molecular flexibility index (Phi) is 6.07. The number of aryl methyl sites for hydroxylation is 1. The molecule has 0 saturated carbocycles. The van der Waals surface area contributed by atoms with Crippen LogP contribution in [0.5, 0.6) is 0 Å². The molecule has 4 nitrogen and oxygen atoms in total. The van der Waals surface area contributed by atoms with Gasteiger partial charge in [-0.25, -0.2) is 0 Å². The highest BCUT2D eigenvalue weighted by atomic mass is 16.5. The first-order valence-corrected chi connectivity index (χ1v) is 10.2. The molecular weight excluding hydrogens is 336 g/mol. The molecule has 0 unspecified atom stereocenters. The quantitative estimate of drug-likeness (QED) is 0.851. The van der Waals surface area contributed by atoms with E-state index in [0.29, 0.717) is 13.2 Å². The van der Waals surface area contributed by atoms with Crippen molar-refractivity contribution < 1.29 is 9.84 Å². The molecule has 0 aromatic heterocycles. The van der Waals surface area contributed by atoms with Gasteiger partial charge in [-0.3, -0.25) is 4.90 Å². The van der Waals surface area contributed by atoms with Crippen molar-refractivity contribution in [3.05, 3.63) is 65.7 Å². The minimum Gasteiger partial charge on any atom is -0.389 e. The zero-order valence-electron chi connectivity index (χ0n) is 16.0. The van der Waals surface area contributed by atoms with E-state index in [9.17, 15) is 5.11 Å². The molecule has 1 saturated heterocycles. The van der Waals surface area contributed by atoms with Gasteiger partial charge in [0.05, 0.1) is 18.8 Å². The average molecular weight is 367 g/mol. The van der Waals surface area contributed by atoms with Crippen LogP contribution in [0.1, 0.15) is 30.1 Å². The Morgan fingerprint density at radius 2 is 1.70 bits per heavy atom. The molecule has 1 heterocycles. The summed E-state index contributed by atoms with van der Waals surface area (Å²) < 4.78 is 6.12. The van der Waals surface area contributed by atoms with E-state index < -0.39 is 6.10 Å². The van der Waals surface area contributed by atoms with Crippen LogP contribution in [0, 0.1) is 0 Å². The van der Waals surface area contributed by atoms with Gasteiger partial charge in [-0.05, 0) is 42.5 Å². The molecule has 0 amide bonds. The number of rotatable bonds is 6. The summed E-state index contributed by atoms with van der Waals surface area (Å²) in [5, 5.41) is 10.5. The van der Waals surface area contributed by atoms with Gasteiger partial charge in [0.2, 0.25) is 0 Å². The number of ether oxygens (including phenoxy) is 1. The number of piperazine rings is 1. The maximum absolute atomic E-state index is 10.5. The first-order valence-electron chi connectivity index (χ1n) is 10.2. The van der Waals surface area contributed by atoms with E-state index >= 15 is 0 Å². The number of para-hydroxylation sites is 1. The zero-order chi connectivity index (χ0) is 18.5. The minimum atomic E-state index is -0.428. The predicted molar refractivity (Wildman–Crippen MR) is 109 cm³/mol. The average Bonchev–Trinajstić information content (AvgIpc) is 2.73. The highest BCUT2D eigenvalue weighted by molar-refractivity contribution is 5.46. The molecule has 0 spiro atoms. The van der Waals surface area contributed by atoms with Gasteiger partial charge in [0.15, 0.2) is 0 Å². The van der Waals surface area contributed by atoms with Crippen LogP contribution in [0.25, 0.3) is 0 Å². The number of benzene rings is 2. The molecule has 1 N–H and O–H groups in total. The maximum Gasteiger partial charge on any atom is 0.0900 e. The molecule has 0 bridgehead atoms. The second-order valence-electron chi connectivity index (χ2n) is 7.69. The van der Waals surface area contributed by atoms with Gasteiger partial charge in [-0.1, -0.05) is 42.5 Å². The Morgan fingerprint density at radius 1 is 0.963 bits per heavy atom. The van der Waals surface area contributed by atoms with Crippen LogP contribution in [-0.4, -0.2) is 55.4 Å².